The van der Waals surface area contributed by atoms with Crippen molar-refractivity contribution in [2.75, 3.05) is 43.1 Å². The number of aliphatic carboxylic acids is 1. The van der Waals surface area contributed by atoms with Crippen LogP contribution in [0.1, 0.15) is 23.5 Å². The van der Waals surface area contributed by atoms with Crippen LogP contribution in [0.3, 0.4) is 0 Å². The molecule has 3 aromatic carbocycles. The Morgan fingerprint density at radius 1 is 0.977 bits per heavy atom. The SMILES string of the molecule is COc1cc(CC(=O)N[C@@H](CCSC)C(=O)NCC(C(=O)O)c2ccc3c(c2)OCO3)ccc1NC(=O)Nc1ccccc1. The highest BCUT2D eigenvalue weighted by Crippen LogP contribution is 2.34. The highest BCUT2D eigenvalue weighted by molar-refractivity contribution is 7.98. The van der Waals surface area contributed by atoms with Crippen molar-refractivity contribution in [3.63, 3.8) is 0 Å². The summed E-state index contributed by atoms with van der Waals surface area (Å²) in [6.07, 6.45) is 2.19. The number of ether oxygens (including phenoxy) is 3. The van der Waals surface area contributed by atoms with E-state index in [-0.39, 0.29) is 19.8 Å². The van der Waals surface area contributed by atoms with Crippen molar-refractivity contribution in [1.29, 1.82) is 0 Å². The number of thioether (sulfide) groups is 1. The molecule has 4 amide bonds. The fourth-order valence-corrected chi connectivity index (χ4v) is 4.97. The monoisotopic (exact) mass is 622 g/mol. The molecular formula is C31H34N4O8S. The van der Waals surface area contributed by atoms with E-state index in [2.05, 4.69) is 21.3 Å². The van der Waals surface area contributed by atoms with Gasteiger partial charge < -0.3 is 40.6 Å². The lowest BCUT2D eigenvalue weighted by Gasteiger charge is -2.20. The number of urea groups is 1. The number of carbonyl (C=O) groups excluding carboxylic acids is 3. The fourth-order valence-electron chi connectivity index (χ4n) is 4.49. The summed E-state index contributed by atoms with van der Waals surface area (Å²) in [4.78, 5) is 50.6. The van der Waals surface area contributed by atoms with Crippen LogP contribution in [-0.2, 0) is 20.8 Å². The van der Waals surface area contributed by atoms with Crippen molar-refractivity contribution in [1.82, 2.24) is 10.6 Å². The van der Waals surface area contributed by atoms with E-state index in [9.17, 15) is 24.3 Å². The number of para-hydroxylation sites is 1. The molecule has 1 aliphatic rings. The van der Waals surface area contributed by atoms with E-state index in [0.29, 0.717) is 51.9 Å². The van der Waals surface area contributed by atoms with E-state index in [0.717, 1.165) is 0 Å². The van der Waals surface area contributed by atoms with E-state index in [4.69, 9.17) is 14.2 Å². The van der Waals surface area contributed by atoms with Crippen molar-refractivity contribution in [2.24, 2.45) is 0 Å². The average molecular weight is 623 g/mol. The van der Waals surface area contributed by atoms with Gasteiger partial charge in [0.15, 0.2) is 11.5 Å². The van der Waals surface area contributed by atoms with Crippen molar-refractivity contribution in [2.45, 2.75) is 24.8 Å². The average Bonchev–Trinajstić information content (AvgIpc) is 3.48. The van der Waals surface area contributed by atoms with E-state index >= 15 is 0 Å². The Balaban J connectivity index is 1.35. The molecule has 12 nitrogen and oxygen atoms in total. The largest absolute Gasteiger partial charge is 0.495 e. The topological polar surface area (TPSA) is 164 Å². The van der Waals surface area contributed by atoms with Crippen molar-refractivity contribution < 1.29 is 38.5 Å². The predicted molar refractivity (Wildman–Crippen MR) is 167 cm³/mol. The van der Waals surface area contributed by atoms with Crippen LogP contribution in [0.25, 0.3) is 0 Å². The number of carboxylic acid groups (broad SMARTS) is 1. The Labute approximate surface area is 258 Å². The first-order valence-electron chi connectivity index (χ1n) is 13.8. The second-order valence-corrected chi connectivity index (χ2v) is 10.8. The molecule has 3 aromatic rings. The van der Waals surface area contributed by atoms with Gasteiger partial charge in [0, 0.05) is 12.2 Å². The summed E-state index contributed by atoms with van der Waals surface area (Å²) in [7, 11) is 1.45. The van der Waals surface area contributed by atoms with Gasteiger partial charge in [0.05, 0.1) is 25.1 Å². The maximum absolute atomic E-state index is 13.1. The lowest BCUT2D eigenvalue weighted by molar-refractivity contribution is -0.139. The van der Waals surface area contributed by atoms with Crippen LogP contribution in [0.15, 0.2) is 66.7 Å². The fraction of sp³-hybridized carbons (Fsp3) is 0.290. The minimum Gasteiger partial charge on any atom is -0.495 e. The number of carboxylic acids is 1. The second kappa shape index (κ2) is 15.5. The molecule has 0 fully saturated rings. The van der Waals surface area contributed by atoms with E-state index in [1.54, 1.807) is 60.7 Å². The van der Waals surface area contributed by atoms with E-state index in [1.165, 1.54) is 18.9 Å². The van der Waals surface area contributed by atoms with Crippen LogP contribution in [0.2, 0.25) is 0 Å². The smallest absolute Gasteiger partial charge is 0.323 e. The van der Waals surface area contributed by atoms with Crippen LogP contribution in [0.5, 0.6) is 17.2 Å². The Bertz CT molecular complexity index is 1490. The second-order valence-electron chi connectivity index (χ2n) is 9.81. The minimum absolute atomic E-state index is 0.0507. The first-order chi connectivity index (χ1) is 21.3. The number of nitrogens with one attached hydrogen (secondary N) is 4. The summed E-state index contributed by atoms with van der Waals surface area (Å²) >= 11 is 1.52. The summed E-state index contributed by atoms with van der Waals surface area (Å²) in [5.74, 6) is -1.10. The predicted octanol–water partition coefficient (Wildman–Crippen LogP) is 3.83. The molecule has 0 aromatic heterocycles. The number of amides is 4. The summed E-state index contributed by atoms with van der Waals surface area (Å²) in [5.41, 5.74) is 2.10. The zero-order valence-electron chi connectivity index (χ0n) is 24.3. The number of fused-ring (bicyclic) bond motifs is 1. The molecule has 0 spiro atoms. The summed E-state index contributed by atoms with van der Waals surface area (Å²) < 4.78 is 16.1. The summed E-state index contributed by atoms with van der Waals surface area (Å²) in [6.45, 7) is -0.118. The van der Waals surface area contributed by atoms with Gasteiger partial charge >= 0.3 is 12.0 Å². The van der Waals surface area contributed by atoms with Gasteiger partial charge in [-0.25, -0.2) is 4.79 Å². The van der Waals surface area contributed by atoms with Gasteiger partial charge in [-0.3, -0.25) is 14.4 Å². The van der Waals surface area contributed by atoms with Gasteiger partial charge in [-0.15, -0.1) is 0 Å². The normalized spacial score (nSPS) is 12.9. The standard InChI is InChI=1S/C31H34N4O8S/c1-41-26-14-19(8-10-23(26)35-31(40)33-21-6-4-3-5-7-21)15-28(36)34-24(12-13-44-2)29(37)32-17-22(30(38)39)20-9-11-25-27(16-20)43-18-42-25/h3-11,14,16,22,24H,12-13,15,17-18H2,1-2H3,(H,32,37)(H,34,36)(H,38,39)(H2,33,35,40)/t22?,24-/m0/s1. The molecule has 1 unspecified atom stereocenters. The molecule has 0 aliphatic carbocycles. The molecule has 0 saturated carbocycles. The van der Waals surface area contributed by atoms with Crippen LogP contribution in [0.4, 0.5) is 16.2 Å². The third kappa shape index (κ3) is 8.80. The first kappa shape index (κ1) is 32.0. The molecule has 232 valence electrons. The Kier molecular flexibility index (Phi) is 11.3. The molecule has 13 heteroatoms. The van der Waals surface area contributed by atoms with Crippen LogP contribution in [0, 0.1) is 0 Å². The lowest BCUT2D eigenvalue weighted by Crippen LogP contribution is -2.48. The third-order valence-electron chi connectivity index (χ3n) is 6.75. The number of rotatable bonds is 14. The Hall–Kier alpha value is -4.91. The van der Waals surface area contributed by atoms with Crippen LogP contribution < -0.4 is 35.5 Å². The van der Waals surface area contributed by atoms with Gasteiger partial charge in [0.1, 0.15) is 11.8 Å². The van der Waals surface area contributed by atoms with Crippen LogP contribution >= 0.6 is 11.8 Å². The maximum Gasteiger partial charge on any atom is 0.323 e. The highest BCUT2D eigenvalue weighted by Gasteiger charge is 2.26. The van der Waals surface area contributed by atoms with Gasteiger partial charge in [0.2, 0.25) is 18.6 Å². The molecule has 5 N–H and O–H groups in total. The lowest BCUT2D eigenvalue weighted by atomic mass is 9.98. The number of hydrogen-bond donors (Lipinski definition) is 5. The number of benzene rings is 3. The zero-order valence-corrected chi connectivity index (χ0v) is 25.1. The molecule has 4 rings (SSSR count). The Morgan fingerprint density at radius 3 is 2.48 bits per heavy atom. The molecule has 2 atom stereocenters. The third-order valence-corrected chi connectivity index (χ3v) is 7.39. The van der Waals surface area contributed by atoms with Gasteiger partial charge in [-0.2, -0.15) is 11.8 Å². The van der Waals surface area contributed by atoms with Crippen molar-refractivity contribution in [3.05, 3.63) is 77.9 Å². The van der Waals surface area contributed by atoms with Gasteiger partial charge in [0.25, 0.3) is 0 Å². The Morgan fingerprint density at radius 2 is 1.75 bits per heavy atom. The maximum atomic E-state index is 13.1. The molecule has 1 heterocycles. The number of hydrogen-bond acceptors (Lipinski definition) is 8. The van der Waals surface area contributed by atoms with Crippen molar-refractivity contribution in [3.8, 4) is 17.2 Å². The summed E-state index contributed by atoms with van der Waals surface area (Å²) in [6, 6.07) is 17.4. The van der Waals surface area contributed by atoms with Crippen LogP contribution in [-0.4, -0.2) is 67.4 Å². The highest BCUT2D eigenvalue weighted by atomic mass is 32.2. The number of anilines is 2. The van der Waals surface area contributed by atoms with E-state index < -0.39 is 35.8 Å². The summed E-state index contributed by atoms with van der Waals surface area (Å²) in [5, 5.41) is 20.7. The quantitative estimate of drug-likeness (QED) is 0.180. The van der Waals surface area contributed by atoms with Gasteiger partial charge in [-0.1, -0.05) is 30.3 Å². The van der Waals surface area contributed by atoms with Gasteiger partial charge in [-0.05, 0) is 66.0 Å². The molecule has 0 bridgehead atoms. The molecule has 44 heavy (non-hydrogen) atoms. The molecule has 0 saturated heterocycles. The van der Waals surface area contributed by atoms with E-state index in [1.807, 2.05) is 12.3 Å². The van der Waals surface area contributed by atoms with Crippen molar-refractivity contribution >= 4 is 47.0 Å². The molecular weight excluding hydrogens is 588 g/mol. The first-order valence-corrected chi connectivity index (χ1v) is 15.1. The minimum atomic E-state index is -1.11. The zero-order chi connectivity index (χ0) is 31.5. The number of methoxy groups -OCH3 is 1. The molecule has 1 aliphatic heterocycles. The molecule has 0 radical (unpaired) electrons. The number of carbonyl (C=O) groups is 4.